The van der Waals surface area contributed by atoms with Gasteiger partial charge in [-0.2, -0.15) is 5.10 Å². The summed E-state index contributed by atoms with van der Waals surface area (Å²) in [5.74, 6) is 0.613. The highest BCUT2D eigenvalue weighted by Crippen LogP contribution is 2.18. The van der Waals surface area contributed by atoms with Crippen LogP contribution in [-0.4, -0.2) is 33.0 Å². The summed E-state index contributed by atoms with van der Waals surface area (Å²) in [4.78, 5) is 17.7. The Labute approximate surface area is 118 Å². The molecule has 0 atom stereocenters. The Morgan fingerprint density at radius 1 is 1.53 bits per heavy atom. The highest BCUT2D eigenvalue weighted by molar-refractivity contribution is 9.10. The molecule has 2 rings (SSSR count). The SMILES string of the molecule is Cc1nc(CN(C)C(=O)c2ccc(F)c(Br)c2)n[nH]1. The molecule has 100 valence electrons. The molecule has 1 heterocycles. The number of aryl methyl sites for hydroxylation is 1. The summed E-state index contributed by atoms with van der Waals surface area (Å²) in [5, 5.41) is 6.68. The van der Waals surface area contributed by atoms with Gasteiger partial charge in [-0.25, -0.2) is 9.37 Å². The molecule has 0 aliphatic carbocycles. The van der Waals surface area contributed by atoms with Gasteiger partial charge in [0.1, 0.15) is 11.6 Å². The van der Waals surface area contributed by atoms with Crippen molar-refractivity contribution in [3.63, 3.8) is 0 Å². The van der Waals surface area contributed by atoms with E-state index in [2.05, 4.69) is 31.1 Å². The summed E-state index contributed by atoms with van der Waals surface area (Å²) >= 11 is 3.06. The van der Waals surface area contributed by atoms with Crippen LogP contribution in [-0.2, 0) is 6.54 Å². The van der Waals surface area contributed by atoms with Gasteiger partial charge < -0.3 is 4.90 Å². The Balaban J connectivity index is 2.12. The number of rotatable bonds is 3. The molecule has 0 radical (unpaired) electrons. The highest BCUT2D eigenvalue weighted by Gasteiger charge is 2.15. The number of aromatic amines is 1. The van der Waals surface area contributed by atoms with E-state index in [0.29, 0.717) is 17.2 Å². The first kappa shape index (κ1) is 13.7. The molecule has 0 bridgehead atoms. The summed E-state index contributed by atoms with van der Waals surface area (Å²) in [6, 6.07) is 4.15. The molecule has 5 nitrogen and oxygen atoms in total. The summed E-state index contributed by atoms with van der Waals surface area (Å²) in [7, 11) is 1.64. The van der Waals surface area contributed by atoms with Gasteiger partial charge in [-0.3, -0.25) is 9.89 Å². The largest absolute Gasteiger partial charge is 0.334 e. The third-order valence-corrected chi connectivity index (χ3v) is 3.14. The maximum Gasteiger partial charge on any atom is 0.254 e. The van der Waals surface area contributed by atoms with Crippen molar-refractivity contribution in [2.24, 2.45) is 0 Å². The smallest absolute Gasteiger partial charge is 0.254 e. The normalized spacial score (nSPS) is 10.5. The molecule has 0 spiro atoms. The first-order valence-corrected chi connectivity index (χ1v) is 6.35. The zero-order valence-electron chi connectivity index (χ0n) is 10.4. The number of halogens is 2. The summed E-state index contributed by atoms with van der Waals surface area (Å²) in [6.45, 7) is 2.08. The van der Waals surface area contributed by atoms with Gasteiger partial charge in [-0.05, 0) is 41.1 Å². The van der Waals surface area contributed by atoms with Gasteiger partial charge in [0, 0.05) is 12.6 Å². The van der Waals surface area contributed by atoms with Crippen LogP contribution >= 0.6 is 15.9 Å². The summed E-state index contributed by atoms with van der Waals surface area (Å²) < 4.78 is 13.4. The number of H-pyrrole nitrogens is 1. The Morgan fingerprint density at radius 2 is 2.26 bits per heavy atom. The van der Waals surface area contributed by atoms with E-state index in [-0.39, 0.29) is 16.9 Å². The number of amides is 1. The van der Waals surface area contributed by atoms with Gasteiger partial charge in [-0.1, -0.05) is 0 Å². The molecule has 7 heteroatoms. The number of carbonyl (C=O) groups is 1. The lowest BCUT2D eigenvalue weighted by Crippen LogP contribution is -2.26. The second-order valence-corrected chi connectivity index (χ2v) is 4.98. The zero-order chi connectivity index (χ0) is 14.0. The third-order valence-electron chi connectivity index (χ3n) is 2.54. The Kier molecular flexibility index (Phi) is 3.94. The molecular weight excluding hydrogens is 315 g/mol. The average Bonchev–Trinajstić information content (AvgIpc) is 2.77. The van der Waals surface area contributed by atoms with E-state index in [1.165, 1.54) is 23.1 Å². The van der Waals surface area contributed by atoms with E-state index in [4.69, 9.17) is 0 Å². The molecule has 1 aromatic heterocycles. The number of aromatic nitrogens is 3. The van der Waals surface area contributed by atoms with E-state index in [1.54, 1.807) is 14.0 Å². The molecule has 0 aliphatic rings. The van der Waals surface area contributed by atoms with Crippen LogP contribution in [0.15, 0.2) is 22.7 Å². The van der Waals surface area contributed by atoms with Gasteiger partial charge in [0.25, 0.3) is 5.91 Å². The van der Waals surface area contributed by atoms with E-state index in [9.17, 15) is 9.18 Å². The van der Waals surface area contributed by atoms with E-state index in [1.807, 2.05) is 0 Å². The van der Waals surface area contributed by atoms with Crippen LogP contribution in [0.3, 0.4) is 0 Å². The number of hydrogen-bond donors (Lipinski definition) is 1. The van der Waals surface area contributed by atoms with Crippen molar-refractivity contribution in [2.75, 3.05) is 7.05 Å². The van der Waals surface area contributed by atoms with Gasteiger partial charge in [0.15, 0.2) is 5.82 Å². The zero-order valence-corrected chi connectivity index (χ0v) is 12.0. The molecule has 19 heavy (non-hydrogen) atoms. The molecule has 0 aliphatic heterocycles. The number of nitrogens with zero attached hydrogens (tertiary/aromatic N) is 3. The Hall–Kier alpha value is -1.76. The van der Waals surface area contributed by atoms with E-state index in [0.717, 1.165) is 0 Å². The summed E-state index contributed by atoms with van der Waals surface area (Å²) in [5.41, 5.74) is 0.406. The summed E-state index contributed by atoms with van der Waals surface area (Å²) in [6.07, 6.45) is 0. The van der Waals surface area contributed by atoms with Crippen molar-refractivity contribution < 1.29 is 9.18 Å². The Morgan fingerprint density at radius 3 is 2.84 bits per heavy atom. The topological polar surface area (TPSA) is 61.9 Å². The highest BCUT2D eigenvalue weighted by atomic mass is 79.9. The van der Waals surface area contributed by atoms with Crippen LogP contribution in [0.5, 0.6) is 0 Å². The van der Waals surface area contributed by atoms with Crippen LogP contribution in [0.2, 0.25) is 0 Å². The molecule has 0 fully saturated rings. The molecule has 1 N–H and O–H groups in total. The van der Waals surface area contributed by atoms with E-state index >= 15 is 0 Å². The quantitative estimate of drug-likeness (QED) is 0.941. The monoisotopic (exact) mass is 326 g/mol. The van der Waals surface area contributed by atoms with Crippen molar-refractivity contribution in [3.05, 3.63) is 45.7 Å². The molecule has 1 amide bonds. The molecular formula is C12H12BrFN4O. The maximum absolute atomic E-state index is 13.1. The number of carbonyl (C=O) groups excluding carboxylic acids is 1. The lowest BCUT2D eigenvalue weighted by molar-refractivity contribution is 0.0781. The van der Waals surface area contributed by atoms with Gasteiger partial charge in [0.05, 0.1) is 11.0 Å². The molecule has 0 saturated carbocycles. The minimum atomic E-state index is -0.399. The molecule has 0 unspecified atom stereocenters. The van der Waals surface area contributed by atoms with Crippen LogP contribution in [0.1, 0.15) is 22.0 Å². The lowest BCUT2D eigenvalue weighted by Gasteiger charge is -2.15. The molecule has 2 aromatic rings. The predicted molar refractivity (Wildman–Crippen MR) is 71.0 cm³/mol. The standard InChI is InChI=1S/C12H12BrFN4O/c1-7-15-11(17-16-7)6-18(2)12(19)8-3-4-10(14)9(13)5-8/h3-5H,6H2,1-2H3,(H,15,16,17). The van der Waals surface area contributed by atoms with Gasteiger partial charge in [0.2, 0.25) is 0 Å². The molecule has 0 saturated heterocycles. The van der Waals surface area contributed by atoms with Gasteiger partial charge >= 0.3 is 0 Å². The number of nitrogens with one attached hydrogen (secondary N) is 1. The first-order valence-electron chi connectivity index (χ1n) is 5.56. The van der Waals surface area contributed by atoms with Crippen LogP contribution < -0.4 is 0 Å². The number of benzene rings is 1. The third kappa shape index (κ3) is 3.17. The second-order valence-electron chi connectivity index (χ2n) is 4.13. The fourth-order valence-electron chi connectivity index (χ4n) is 1.59. The minimum absolute atomic E-state index is 0.219. The van der Waals surface area contributed by atoms with E-state index < -0.39 is 5.82 Å². The maximum atomic E-state index is 13.1. The van der Waals surface area contributed by atoms with Crippen molar-refractivity contribution in [1.82, 2.24) is 20.1 Å². The lowest BCUT2D eigenvalue weighted by atomic mass is 10.2. The minimum Gasteiger partial charge on any atom is -0.334 e. The van der Waals surface area contributed by atoms with Crippen LogP contribution in [0.4, 0.5) is 4.39 Å². The van der Waals surface area contributed by atoms with Crippen molar-refractivity contribution >= 4 is 21.8 Å². The van der Waals surface area contributed by atoms with Crippen molar-refractivity contribution in [2.45, 2.75) is 13.5 Å². The Bertz CT molecular complexity index is 614. The fraction of sp³-hybridized carbons (Fsp3) is 0.250. The van der Waals surface area contributed by atoms with Crippen LogP contribution in [0, 0.1) is 12.7 Å². The first-order chi connectivity index (χ1) is 8.97. The number of hydrogen-bond acceptors (Lipinski definition) is 3. The fourth-order valence-corrected chi connectivity index (χ4v) is 1.97. The average molecular weight is 327 g/mol. The van der Waals surface area contributed by atoms with Crippen molar-refractivity contribution in [1.29, 1.82) is 0 Å². The predicted octanol–water partition coefficient (Wildman–Crippen LogP) is 2.29. The van der Waals surface area contributed by atoms with Gasteiger partial charge in [-0.15, -0.1) is 0 Å². The molecule has 1 aromatic carbocycles. The van der Waals surface area contributed by atoms with Crippen LogP contribution in [0.25, 0.3) is 0 Å². The second kappa shape index (κ2) is 5.48. The van der Waals surface area contributed by atoms with Crippen molar-refractivity contribution in [3.8, 4) is 0 Å².